The Morgan fingerprint density at radius 2 is 2.00 bits per heavy atom. The van der Waals surface area contributed by atoms with Gasteiger partial charge in [0, 0.05) is 0 Å². The van der Waals surface area contributed by atoms with Crippen LogP contribution in [0.5, 0.6) is 11.5 Å². The molecule has 4 heteroatoms. The molecule has 15 heavy (non-hydrogen) atoms. The zero-order chi connectivity index (χ0) is 11.3. The predicted octanol–water partition coefficient (Wildman–Crippen LogP) is 0.602. The number of benzene rings is 1. The molecule has 1 atom stereocenters. The van der Waals surface area contributed by atoms with Crippen molar-refractivity contribution in [3.05, 3.63) is 24.3 Å². The van der Waals surface area contributed by atoms with Gasteiger partial charge in [-0.15, -0.1) is 0 Å². The number of hydrogen-bond acceptors (Lipinski definition) is 4. The number of ether oxygens (including phenoxy) is 2. The Kier molecular flexibility index (Phi) is 3.97. The molecule has 0 saturated heterocycles. The number of rotatable bonds is 5. The van der Waals surface area contributed by atoms with Crippen LogP contribution >= 0.6 is 0 Å². The van der Waals surface area contributed by atoms with Crippen LogP contribution in [0.15, 0.2) is 24.3 Å². The number of carbonyl (C=O) groups is 1. The summed E-state index contributed by atoms with van der Waals surface area (Å²) in [6.07, 6.45) is -0.596. The molecule has 1 aromatic carbocycles. The van der Waals surface area contributed by atoms with Gasteiger partial charge in [-0.3, -0.25) is 0 Å². The minimum absolute atomic E-state index is 0.348. The summed E-state index contributed by atoms with van der Waals surface area (Å²) in [5, 5.41) is 10.7. The van der Waals surface area contributed by atoms with Crippen molar-refractivity contribution in [2.45, 2.75) is 19.4 Å². The molecular weight excluding hydrogens is 196 g/mol. The van der Waals surface area contributed by atoms with Gasteiger partial charge in [-0.25, -0.2) is 0 Å². The quantitative estimate of drug-likeness (QED) is 0.712. The highest BCUT2D eigenvalue weighted by Crippen LogP contribution is 2.27. The topological polar surface area (TPSA) is 58.6 Å². The van der Waals surface area contributed by atoms with Gasteiger partial charge in [0.1, 0.15) is 6.10 Å². The molecule has 0 spiro atoms. The minimum atomic E-state index is -1.22. The van der Waals surface area contributed by atoms with Crippen LogP contribution in [0, 0.1) is 0 Å². The molecule has 82 valence electrons. The second kappa shape index (κ2) is 5.24. The number of carboxylic acids is 1. The Morgan fingerprint density at radius 1 is 1.40 bits per heavy atom. The van der Waals surface area contributed by atoms with E-state index in [-0.39, 0.29) is 0 Å². The number of carboxylic acid groups (broad SMARTS) is 1. The standard InChI is InChI=1S/C11H14O4/c1-3-8(11(12)13)15-10-7-5-4-6-9(10)14-2/h4-8H,3H2,1-2H3,(H,12,13)/p-1/t8-/m0/s1. The van der Waals surface area contributed by atoms with Gasteiger partial charge < -0.3 is 19.4 Å². The summed E-state index contributed by atoms with van der Waals surface area (Å²) < 4.78 is 10.3. The van der Waals surface area contributed by atoms with Crippen LogP contribution in [-0.4, -0.2) is 19.2 Å². The second-order valence-electron chi connectivity index (χ2n) is 2.98. The Balaban J connectivity index is 2.82. The maximum atomic E-state index is 10.7. The van der Waals surface area contributed by atoms with Crippen LogP contribution in [-0.2, 0) is 4.79 Å². The summed E-state index contributed by atoms with van der Waals surface area (Å²) >= 11 is 0. The third-order valence-corrected chi connectivity index (χ3v) is 1.97. The Morgan fingerprint density at radius 3 is 2.47 bits per heavy atom. The van der Waals surface area contributed by atoms with E-state index in [0.29, 0.717) is 17.9 Å². The van der Waals surface area contributed by atoms with Crippen molar-refractivity contribution >= 4 is 5.97 Å². The van der Waals surface area contributed by atoms with Crippen molar-refractivity contribution in [2.24, 2.45) is 0 Å². The summed E-state index contributed by atoms with van der Waals surface area (Å²) in [6, 6.07) is 6.90. The molecule has 0 aliphatic rings. The summed E-state index contributed by atoms with van der Waals surface area (Å²) in [6.45, 7) is 1.72. The van der Waals surface area contributed by atoms with Crippen molar-refractivity contribution in [2.75, 3.05) is 7.11 Å². The Bertz CT molecular complexity index is 335. The highest BCUT2D eigenvalue weighted by molar-refractivity contribution is 5.70. The first-order chi connectivity index (χ1) is 7.19. The first-order valence-electron chi connectivity index (χ1n) is 4.69. The van der Waals surface area contributed by atoms with Gasteiger partial charge in [0.2, 0.25) is 0 Å². The van der Waals surface area contributed by atoms with E-state index in [9.17, 15) is 9.90 Å². The molecule has 0 heterocycles. The zero-order valence-electron chi connectivity index (χ0n) is 8.73. The van der Waals surface area contributed by atoms with Crippen molar-refractivity contribution in [1.82, 2.24) is 0 Å². The van der Waals surface area contributed by atoms with Gasteiger partial charge in [-0.05, 0) is 18.6 Å². The highest BCUT2D eigenvalue weighted by atomic mass is 16.5. The lowest BCUT2D eigenvalue weighted by Gasteiger charge is -2.19. The van der Waals surface area contributed by atoms with Crippen LogP contribution in [0.4, 0.5) is 0 Å². The van der Waals surface area contributed by atoms with Crippen molar-refractivity contribution < 1.29 is 19.4 Å². The maximum Gasteiger partial charge on any atom is 0.162 e. The minimum Gasteiger partial charge on any atom is -0.546 e. The SMILES string of the molecule is CC[C@H](Oc1ccccc1OC)C(=O)[O-]. The molecule has 0 amide bonds. The van der Waals surface area contributed by atoms with E-state index in [4.69, 9.17) is 9.47 Å². The molecule has 0 N–H and O–H groups in total. The molecule has 0 aromatic heterocycles. The Labute approximate surface area is 88.4 Å². The van der Waals surface area contributed by atoms with Gasteiger partial charge in [0.15, 0.2) is 11.5 Å². The second-order valence-corrected chi connectivity index (χ2v) is 2.98. The molecule has 0 bridgehead atoms. The van der Waals surface area contributed by atoms with E-state index in [1.54, 1.807) is 31.2 Å². The lowest BCUT2D eigenvalue weighted by molar-refractivity contribution is -0.313. The van der Waals surface area contributed by atoms with Crippen molar-refractivity contribution in [1.29, 1.82) is 0 Å². The van der Waals surface area contributed by atoms with Crippen LogP contribution in [0.3, 0.4) is 0 Å². The van der Waals surface area contributed by atoms with E-state index in [1.807, 2.05) is 0 Å². The van der Waals surface area contributed by atoms with Crippen molar-refractivity contribution in [3.63, 3.8) is 0 Å². The summed E-state index contributed by atoms with van der Waals surface area (Å²) in [7, 11) is 1.50. The largest absolute Gasteiger partial charge is 0.546 e. The van der Waals surface area contributed by atoms with Gasteiger partial charge in [0.25, 0.3) is 0 Å². The first kappa shape index (κ1) is 11.4. The van der Waals surface area contributed by atoms with Gasteiger partial charge in [0.05, 0.1) is 13.1 Å². The zero-order valence-corrected chi connectivity index (χ0v) is 8.73. The number of aliphatic carboxylic acids is 1. The van der Waals surface area contributed by atoms with E-state index < -0.39 is 12.1 Å². The van der Waals surface area contributed by atoms with Crippen molar-refractivity contribution in [3.8, 4) is 11.5 Å². The molecule has 0 radical (unpaired) electrons. The van der Waals surface area contributed by atoms with Crippen LogP contribution in [0.2, 0.25) is 0 Å². The normalized spacial score (nSPS) is 11.9. The maximum absolute atomic E-state index is 10.7. The molecule has 1 aromatic rings. The van der Waals surface area contributed by atoms with Gasteiger partial charge in [-0.2, -0.15) is 0 Å². The fourth-order valence-corrected chi connectivity index (χ4v) is 1.17. The number of para-hydroxylation sites is 2. The number of hydrogen-bond donors (Lipinski definition) is 0. The number of methoxy groups -OCH3 is 1. The third-order valence-electron chi connectivity index (χ3n) is 1.97. The Hall–Kier alpha value is -1.71. The lowest BCUT2D eigenvalue weighted by atomic mass is 10.2. The summed E-state index contributed by atoms with van der Waals surface area (Å²) in [5.41, 5.74) is 0. The third kappa shape index (κ3) is 2.87. The molecular formula is C11H13O4-. The van der Waals surface area contributed by atoms with Gasteiger partial charge >= 0.3 is 0 Å². The molecule has 0 unspecified atom stereocenters. The fraction of sp³-hybridized carbons (Fsp3) is 0.364. The van der Waals surface area contributed by atoms with E-state index in [1.165, 1.54) is 7.11 Å². The molecule has 4 nitrogen and oxygen atoms in total. The molecule has 0 aliphatic carbocycles. The highest BCUT2D eigenvalue weighted by Gasteiger charge is 2.11. The molecule has 0 saturated carbocycles. The fourth-order valence-electron chi connectivity index (χ4n) is 1.17. The molecule has 0 fully saturated rings. The van der Waals surface area contributed by atoms with E-state index >= 15 is 0 Å². The first-order valence-corrected chi connectivity index (χ1v) is 4.69. The summed E-state index contributed by atoms with van der Waals surface area (Å²) in [4.78, 5) is 10.7. The lowest BCUT2D eigenvalue weighted by Crippen LogP contribution is -2.39. The predicted molar refractivity (Wildman–Crippen MR) is 52.7 cm³/mol. The van der Waals surface area contributed by atoms with Crippen LogP contribution < -0.4 is 14.6 Å². The van der Waals surface area contributed by atoms with Crippen LogP contribution in [0.1, 0.15) is 13.3 Å². The average molecular weight is 209 g/mol. The van der Waals surface area contributed by atoms with E-state index in [2.05, 4.69) is 0 Å². The van der Waals surface area contributed by atoms with E-state index in [0.717, 1.165) is 0 Å². The number of carbonyl (C=O) groups excluding carboxylic acids is 1. The van der Waals surface area contributed by atoms with Gasteiger partial charge in [-0.1, -0.05) is 19.1 Å². The average Bonchev–Trinajstić information content (AvgIpc) is 2.25. The smallest absolute Gasteiger partial charge is 0.162 e. The molecule has 1 rings (SSSR count). The molecule has 0 aliphatic heterocycles. The van der Waals surface area contributed by atoms with Crippen LogP contribution in [0.25, 0.3) is 0 Å². The summed E-state index contributed by atoms with van der Waals surface area (Å²) in [5.74, 6) is -0.295. The monoisotopic (exact) mass is 209 g/mol.